The maximum Gasteiger partial charge on any atom is 0.242 e. The van der Waals surface area contributed by atoms with E-state index >= 15 is 0 Å². The zero-order chi connectivity index (χ0) is 14.5. The molecule has 0 unspecified atom stereocenters. The minimum Gasteiger partial charge on any atom is -0.392 e. The maximum absolute atomic E-state index is 12.3. The lowest BCUT2D eigenvalue weighted by molar-refractivity contribution is 0.138. The number of hydrogen-bond acceptors (Lipinski definition) is 4. The van der Waals surface area contributed by atoms with E-state index in [-0.39, 0.29) is 18.0 Å². The summed E-state index contributed by atoms with van der Waals surface area (Å²) in [4.78, 5) is 0.111. The van der Waals surface area contributed by atoms with Crippen LogP contribution in [-0.4, -0.2) is 44.6 Å². The number of likely N-dealkylation sites (N-methyl/N-ethyl adjacent to an activating group) is 1. The molecule has 1 aromatic carbocycles. The first-order valence-electron chi connectivity index (χ1n) is 5.86. The summed E-state index contributed by atoms with van der Waals surface area (Å²) in [6.07, 6.45) is 0. The molecule has 0 aliphatic carbocycles. The highest BCUT2D eigenvalue weighted by molar-refractivity contribution is 7.89. The summed E-state index contributed by atoms with van der Waals surface area (Å²) in [6.45, 7) is 2.70. The zero-order valence-corrected chi connectivity index (χ0v) is 12.5. The van der Waals surface area contributed by atoms with Crippen LogP contribution in [0.1, 0.15) is 12.5 Å². The number of aliphatic hydroxyl groups excluding tert-OH is 1. The van der Waals surface area contributed by atoms with Crippen LogP contribution in [0.4, 0.5) is 0 Å². The number of rotatable bonds is 7. The van der Waals surface area contributed by atoms with E-state index in [1.165, 1.54) is 29.6 Å². The minimum atomic E-state index is -3.59. The first kappa shape index (κ1) is 16.4. The van der Waals surface area contributed by atoms with Gasteiger partial charge >= 0.3 is 0 Å². The number of hydrogen-bond donors (Lipinski definition) is 1. The first-order valence-corrected chi connectivity index (χ1v) is 7.68. The standard InChI is InChI=1S/C12H18ClNO4S/c1-3-18-7-6-14(2)19(16,17)11-4-5-12(13)10(8-11)9-15/h4-5,8,15H,3,6-7,9H2,1-2H3. The predicted octanol–water partition coefficient (Wildman–Crippen LogP) is 1.49. The van der Waals surface area contributed by atoms with Crippen LogP contribution in [0.2, 0.25) is 5.02 Å². The quantitative estimate of drug-likeness (QED) is 0.775. The van der Waals surface area contributed by atoms with Crippen LogP contribution in [0.3, 0.4) is 0 Å². The summed E-state index contributed by atoms with van der Waals surface area (Å²) < 4.78 is 30.9. The van der Waals surface area contributed by atoms with Gasteiger partial charge in [-0.25, -0.2) is 8.42 Å². The molecule has 0 aromatic heterocycles. The third kappa shape index (κ3) is 4.15. The Labute approximate surface area is 118 Å². The first-order chi connectivity index (χ1) is 8.93. The molecule has 0 aliphatic heterocycles. The lowest BCUT2D eigenvalue weighted by Crippen LogP contribution is -2.30. The number of aliphatic hydroxyl groups is 1. The summed E-state index contributed by atoms with van der Waals surface area (Å²) >= 11 is 5.84. The molecule has 0 amide bonds. The molecule has 0 spiro atoms. The number of benzene rings is 1. The van der Waals surface area contributed by atoms with E-state index in [0.29, 0.717) is 23.8 Å². The van der Waals surface area contributed by atoms with Gasteiger partial charge in [0.05, 0.1) is 18.1 Å². The van der Waals surface area contributed by atoms with Gasteiger partial charge in [-0.05, 0) is 30.7 Å². The minimum absolute atomic E-state index is 0.111. The molecule has 1 rings (SSSR count). The third-order valence-electron chi connectivity index (χ3n) is 2.65. The molecule has 5 nitrogen and oxygen atoms in total. The molecule has 108 valence electrons. The molecule has 0 bridgehead atoms. The lowest BCUT2D eigenvalue weighted by Gasteiger charge is -2.17. The fourth-order valence-corrected chi connectivity index (χ4v) is 2.85. The summed E-state index contributed by atoms with van der Waals surface area (Å²) in [5.41, 5.74) is 0.390. The van der Waals surface area contributed by atoms with Crippen molar-refractivity contribution in [2.45, 2.75) is 18.4 Å². The van der Waals surface area contributed by atoms with Gasteiger partial charge in [-0.2, -0.15) is 4.31 Å². The molecule has 0 aliphatic rings. The Kier molecular flexibility index (Phi) is 6.22. The van der Waals surface area contributed by atoms with Crippen LogP contribution in [-0.2, 0) is 21.4 Å². The summed E-state index contributed by atoms with van der Waals surface area (Å²) in [7, 11) is -2.10. The van der Waals surface area contributed by atoms with Crippen molar-refractivity contribution in [3.8, 4) is 0 Å². The largest absolute Gasteiger partial charge is 0.392 e. The molecule has 0 radical (unpaired) electrons. The highest BCUT2D eigenvalue weighted by Crippen LogP contribution is 2.22. The SMILES string of the molecule is CCOCCN(C)S(=O)(=O)c1ccc(Cl)c(CO)c1. The van der Waals surface area contributed by atoms with Crippen molar-refractivity contribution in [2.75, 3.05) is 26.8 Å². The summed E-state index contributed by atoms with van der Waals surface area (Å²) in [5.74, 6) is 0. The Hall–Kier alpha value is -0.660. The smallest absolute Gasteiger partial charge is 0.242 e. The summed E-state index contributed by atoms with van der Waals surface area (Å²) in [5, 5.41) is 9.45. The Morgan fingerprint density at radius 3 is 2.68 bits per heavy atom. The second-order valence-corrected chi connectivity index (χ2v) is 6.39. The van der Waals surface area contributed by atoms with Crippen LogP contribution < -0.4 is 0 Å². The molecular formula is C12H18ClNO4S. The Balaban J connectivity index is 2.93. The number of ether oxygens (including phenoxy) is 1. The fraction of sp³-hybridized carbons (Fsp3) is 0.500. The molecule has 7 heteroatoms. The van der Waals surface area contributed by atoms with Crippen LogP contribution in [0.5, 0.6) is 0 Å². The zero-order valence-electron chi connectivity index (χ0n) is 11.0. The molecule has 1 N–H and O–H groups in total. The van der Waals surface area contributed by atoms with Crippen molar-refractivity contribution in [3.63, 3.8) is 0 Å². The molecule has 0 saturated carbocycles. The van der Waals surface area contributed by atoms with Crippen molar-refractivity contribution in [3.05, 3.63) is 28.8 Å². The van der Waals surface area contributed by atoms with E-state index in [1.54, 1.807) is 0 Å². The predicted molar refractivity (Wildman–Crippen MR) is 73.7 cm³/mol. The van der Waals surface area contributed by atoms with Crippen molar-refractivity contribution >= 4 is 21.6 Å². The van der Waals surface area contributed by atoms with Gasteiger partial charge in [-0.3, -0.25) is 0 Å². The fourth-order valence-electron chi connectivity index (χ4n) is 1.47. The Morgan fingerprint density at radius 1 is 1.42 bits per heavy atom. The average molecular weight is 308 g/mol. The van der Waals surface area contributed by atoms with Crippen molar-refractivity contribution in [2.24, 2.45) is 0 Å². The van der Waals surface area contributed by atoms with Crippen molar-refractivity contribution < 1.29 is 18.3 Å². The van der Waals surface area contributed by atoms with Crippen molar-refractivity contribution in [1.82, 2.24) is 4.31 Å². The average Bonchev–Trinajstić information content (AvgIpc) is 2.39. The van der Waals surface area contributed by atoms with Gasteiger partial charge in [0.25, 0.3) is 0 Å². The van der Waals surface area contributed by atoms with Gasteiger partial charge in [0.15, 0.2) is 0 Å². The van der Waals surface area contributed by atoms with Crippen LogP contribution in [0.15, 0.2) is 23.1 Å². The monoisotopic (exact) mass is 307 g/mol. The van der Waals surface area contributed by atoms with Gasteiger partial charge < -0.3 is 9.84 Å². The van der Waals surface area contributed by atoms with Crippen molar-refractivity contribution in [1.29, 1.82) is 0 Å². The Morgan fingerprint density at radius 2 is 2.11 bits per heavy atom. The van der Waals surface area contributed by atoms with E-state index in [4.69, 9.17) is 21.4 Å². The van der Waals surface area contributed by atoms with Crippen LogP contribution >= 0.6 is 11.6 Å². The second-order valence-electron chi connectivity index (χ2n) is 3.93. The van der Waals surface area contributed by atoms with Gasteiger partial charge in [0.1, 0.15) is 0 Å². The van der Waals surface area contributed by atoms with E-state index in [1.807, 2.05) is 6.92 Å². The molecule has 0 atom stereocenters. The topological polar surface area (TPSA) is 66.8 Å². The number of sulfonamides is 1. The molecule has 0 fully saturated rings. The van der Waals surface area contributed by atoms with Gasteiger partial charge in [0.2, 0.25) is 10.0 Å². The summed E-state index contributed by atoms with van der Waals surface area (Å²) in [6, 6.07) is 4.28. The van der Waals surface area contributed by atoms with Gasteiger partial charge in [0, 0.05) is 25.2 Å². The molecule has 0 heterocycles. The maximum atomic E-state index is 12.3. The van der Waals surface area contributed by atoms with E-state index in [9.17, 15) is 8.42 Å². The van der Waals surface area contributed by atoms with Crippen LogP contribution in [0.25, 0.3) is 0 Å². The number of halogens is 1. The van der Waals surface area contributed by atoms with E-state index in [2.05, 4.69) is 0 Å². The normalized spacial score (nSPS) is 12.1. The highest BCUT2D eigenvalue weighted by atomic mass is 35.5. The molecular weight excluding hydrogens is 290 g/mol. The van der Waals surface area contributed by atoms with E-state index < -0.39 is 10.0 Å². The lowest BCUT2D eigenvalue weighted by atomic mass is 10.2. The second kappa shape index (κ2) is 7.21. The molecule has 0 saturated heterocycles. The van der Waals surface area contributed by atoms with Crippen LogP contribution in [0, 0.1) is 0 Å². The molecule has 1 aromatic rings. The number of nitrogens with zero attached hydrogens (tertiary/aromatic N) is 1. The molecule has 19 heavy (non-hydrogen) atoms. The third-order valence-corrected chi connectivity index (χ3v) is 4.87. The highest BCUT2D eigenvalue weighted by Gasteiger charge is 2.21. The van der Waals surface area contributed by atoms with E-state index in [0.717, 1.165) is 0 Å². The van der Waals surface area contributed by atoms with Gasteiger partial charge in [-0.15, -0.1) is 0 Å². The van der Waals surface area contributed by atoms with Gasteiger partial charge in [-0.1, -0.05) is 11.6 Å². The Bertz CT molecular complexity index is 518.